The smallest absolute Gasteiger partial charge is 0.264 e. The molecule has 3 nitrogen and oxygen atoms in total. The molecule has 1 saturated heterocycles. The number of amides is 1. The summed E-state index contributed by atoms with van der Waals surface area (Å²) >= 11 is 1.52. The van der Waals surface area contributed by atoms with E-state index in [0.717, 1.165) is 18.0 Å². The van der Waals surface area contributed by atoms with Crippen LogP contribution in [0, 0.1) is 0 Å². The molecular weight excluding hydrogens is 208 g/mol. The lowest BCUT2D eigenvalue weighted by atomic mass is 10.1. The Bertz CT molecular complexity index is 326. The SMILES string of the molecule is CC1CN(C(=O)c2cccs2)CC(C)N1. The van der Waals surface area contributed by atoms with E-state index in [-0.39, 0.29) is 5.91 Å². The van der Waals surface area contributed by atoms with Crippen LogP contribution in [-0.2, 0) is 0 Å². The Morgan fingerprint density at radius 3 is 2.67 bits per heavy atom. The third kappa shape index (κ3) is 2.38. The van der Waals surface area contributed by atoms with E-state index >= 15 is 0 Å². The average Bonchev–Trinajstić information content (AvgIpc) is 2.67. The molecule has 1 fully saturated rings. The zero-order chi connectivity index (χ0) is 10.8. The normalized spacial score (nSPS) is 26.7. The number of nitrogens with zero attached hydrogens (tertiary/aromatic N) is 1. The van der Waals surface area contributed by atoms with E-state index in [9.17, 15) is 4.79 Å². The predicted molar refractivity (Wildman–Crippen MR) is 62.3 cm³/mol. The highest BCUT2D eigenvalue weighted by Gasteiger charge is 2.25. The molecule has 1 N–H and O–H groups in total. The van der Waals surface area contributed by atoms with Crippen LogP contribution in [0.2, 0.25) is 0 Å². The Labute approximate surface area is 94.1 Å². The number of carbonyl (C=O) groups is 1. The highest BCUT2D eigenvalue weighted by Crippen LogP contribution is 2.14. The number of hydrogen-bond donors (Lipinski definition) is 1. The third-order valence-corrected chi connectivity index (χ3v) is 3.43. The molecule has 0 bridgehead atoms. The maximum Gasteiger partial charge on any atom is 0.264 e. The van der Waals surface area contributed by atoms with Crippen LogP contribution < -0.4 is 5.32 Å². The van der Waals surface area contributed by atoms with E-state index in [1.54, 1.807) is 0 Å². The van der Waals surface area contributed by atoms with E-state index in [0.29, 0.717) is 12.1 Å². The minimum Gasteiger partial charge on any atom is -0.335 e. The number of hydrogen-bond acceptors (Lipinski definition) is 3. The van der Waals surface area contributed by atoms with E-state index < -0.39 is 0 Å². The van der Waals surface area contributed by atoms with Gasteiger partial charge in [0.1, 0.15) is 0 Å². The molecule has 0 radical (unpaired) electrons. The Morgan fingerprint density at radius 2 is 2.13 bits per heavy atom. The standard InChI is InChI=1S/C11H16N2OS/c1-8-6-13(7-9(2)12-8)11(14)10-4-3-5-15-10/h3-5,8-9,12H,6-7H2,1-2H3. The molecule has 2 rings (SSSR count). The van der Waals surface area contributed by atoms with E-state index in [2.05, 4.69) is 19.2 Å². The predicted octanol–water partition coefficient (Wildman–Crippen LogP) is 1.57. The van der Waals surface area contributed by atoms with E-state index in [4.69, 9.17) is 0 Å². The van der Waals surface area contributed by atoms with Crippen molar-refractivity contribution in [1.29, 1.82) is 0 Å². The van der Waals surface area contributed by atoms with E-state index in [1.165, 1.54) is 11.3 Å². The second-order valence-corrected chi connectivity index (χ2v) is 5.10. The molecule has 1 aliphatic rings. The summed E-state index contributed by atoms with van der Waals surface area (Å²) in [5, 5.41) is 5.37. The molecule has 1 aliphatic heterocycles. The number of piperazine rings is 1. The molecule has 1 aromatic heterocycles. The quantitative estimate of drug-likeness (QED) is 0.785. The Kier molecular flexibility index (Phi) is 3.07. The van der Waals surface area contributed by atoms with Crippen molar-refractivity contribution in [2.75, 3.05) is 13.1 Å². The van der Waals surface area contributed by atoms with Crippen molar-refractivity contribution in [3.63, 3.8) is 0 Å². The molecule has 4 heteroatoms. The summed E-state index contributed by atoms with van der Waals surface area (Å²) in [5.41, 5.74) is 0. The first-order chi connectivity index (χ1) is 7.16. The molecule has 82 valence electrons. The maximum atomic E-state index is 12.1. The van der Waals surface area contributed by atoms with Crippen molar-refractivity contribution in [3.05, 3.63) is 22.4 Å². The second kappa shape index (κ2) is 4.33. The first kappa shape index (κ1) is 10.6. The highest BCUT2D eigenvalue weighted by atomic mass is 32.1. The Morgan fingerprint density at radius 1 is 1.47 bits per heavy atom. The number of nitrogens with one attached hydrogen (secondary N) is 1. The summed E-state index contributed by atoms with van der Waals surface area (Å²) in [6.07, 6.45) is 0. The minimum absolute atomic E-state index is 0.171. The van der Waals surface area contributed by atoms with Gasteiger partial charge in [0.15, 0.2) is 0 Å². The van der Waals surface area contributed by atoms with Crippen molar-refractivity contribution in [2.45, 2.75) is 25.9 Å². The van der Waals surface area contributed by atoms with Gasteiger partial charge in [-0.15, -0.1) is 11.3 Å². The van der Waals surface area contributed by atoms with Crippen molar-refractivity contribution in [3.8, 4) is 0 Å². The molecule has 15 heavy (non-hydrogen) atoms. The van der Waals surface area contributed by atoms with Crippen LogP contribution in [0.3, 0.4) is 0 Å². The molecule has 1 aromatic rings. The molecule has 2 heterocycles. The van der Waals surface area contributed by atoms with Crippen LogP contribution in [-0.4, -0.2) is 36.0 Å². The summed E-state index contributed by atoms with van der Waals surface area (Å²) in [7, 11) is 0. The van der Waals surface area contributed by atoms with Crippen LogP contribution in [0.25, 0.3) is 0 Å². The first-order valence-electron chi connectivity index (χ1n) is 5.25. The number of thiophene rings is 1. The Hall–Kier alpha value is -0.870. The molecule has 1 amide bonds. The van der Waals surface area contributed by atoms with Crippen LogP contribution in [0.4, 0.5) is 0 Å². The molecular formula is C11H16N2OS. The lowest BCUT2D eigenvalue weighted by Crippen LogP contribution is -2.55. The van der Waals surface area contributed by atoms with Crippen molar-refractivity contribution in [1.82, 2.24) is 10.2 Å². The summed E-state index contributed by atoms with van der Waals surface area (Å²) in [4.78, 5) is 14.8. The van der Waals surface area contributed by atoms with Gasteiger partial charge in [-0.1, -0.05) is 6.07 Å². The van der Waals surface area contributed by atoms with Gasteiger partial charge >= 0.3 is 0 Å². The van der Waals surface area contributed by atoms with Gasteiger partial charge < -0.3 is 10.2 Å². The largest absolute Gasteiger partial charge is 0.335 e. The number of carbonyl (C=O) groups excluding carboxylic acids is 1. The summed E-state index contributed by atoms with van der Waals surface area (Å²) in [6.45, 7) is 5.84. The van der Waals surface area contributed by atoms with Gasteiger partial charge in [-0.2, -0.15) is 0 Å². The zero-order valence-electron chi connectivity index (χ0n) is 9.06. The van der Waals surface area contributed by atoms with Crippen molar-refractivity contribution >= 4 is 17.2 Å². The fraction of sp³-hybridized carbons (Fsp3) is 0.545. The minimum atomic E-state index is 0.171. The molecule has 2 unspecified atom stereocenters. The van der Waals surface area contributed by atoms with Crippen molar-refractivity contribution in [2.24, 2.45) is 0 Å². The van der Waals surface area contributed by atoms with Gasteiger partial charge in [0.05, 0.1) is 4.88 Å². The number of rotatable bonds is 1. The maximum absolute atomic E-state index is 12.1. The lowest BCUT2D eigenvalue weighted by Gasteiger charge is -2.35. The van der Waals surface area contributed by atoms with E-state index in [1.807, 2.05) is 22.4 Å². The molecule has 0 saturated carbocycles. The van der Waals surface area contributed by atoms with Gasteiger partial charge in [0.25, 0.3) is 5.91 Å². The molecule has 0 aromatic carbocycles. The summed E-state index contributed by atoms with van der Waals surface area (Å²) in [6, 6.07) is 4.59. The van der Waals surface area contributed by atoms with Crippen molar-refractivity contribution < 1.29 is 4.79 Å². The third-order valence-electron chi connectivity index (χ3n) is 2.58. The van der Waals surface area contributed by atoms with Gasteiger partial charge in [-0.25, -0.2) is 0 Å². The van der Waals surface area contributed by atoms with Gasteiger partial charge in [0.2, 0.25) is 0 Å². The zero-order valence-corrected chi connectivity index (χ0v) is 9.88. The second-order valence-electron chi connectivity index (χ2n) is 4.16. The summed E-state index contributed by atoms with van der Waals surface area (Å²) < 4.78 is 0. The first-order valence-corrected chi connectivity index (χ1v) is 6.13. The highest BCUT2D eigenvalue weighted by molar-refractivity contribution is 7.12. The van der Waals surface area contributed by atoms with Crippen LogP contribution >= 0.6 is 11.3 Å². The van der Waals surface area contributed by atoms with Gasteiger partial charge in [-0.05, 0) is 25.3 Å². The molecule has 2 atom stereocenters. The average molecular weight is 224 g/mol. The van der Waals surface area contributed by atoms with Crippen LogP contribution in [0.15, 0.2) is 17.5 Å². The van der Waals surface area contributed by atoms with Crippen LogP contribution in [0.5, 0.6) is 0 Å². The topological polar surface area (TPSA) is 32.3 Å². The fourth-order valence-corrected chi connectivity index (χ4v) is 2.74. The van der Waals surface area contributed by atoms with Gasteiger partial charge in [-0.3, -0.25) is 4.79 Å². The molecule has 0 spiro atoms. The van der Waals surface area contributed by atoms with Crippen LogP contribution in [0.1, 0.15) is 23.5 Å². The summed E-state index contributed by atoms with van der Waals surface area (Å²) in [5.74, 6) is 0.171. The lowest BCUT2D eigenvalue weighted by molar-refractivity contribution is 0.0679. The molecule has 0 aliphatic carbocycles. The van der Waals surface area contributed by atoms with Gasteiger partial charge in [0, 0.05) is 25.2 Å². The monoisotopic (exact) mass is 224 g/mol. The Balaban J connectivity index is 2.07. The fourth-order valence-electron chi connectivity index (χ4n) is 2.05.